The first-order valence-corrected chi connectivity index (χ1v) is 12.1. The fourth-order valence-corrected chi connectivity index (χ4v) is 8.71. The van der Waals surface area contributed by atoms with Gasteiger partial charge in [-0.25, -0.2) is 0 Å². The Hall–Kier alpha value is -1.84. The molecule has 2 unspecified atom stereocenters. The fraction of sp³-hybridized carbons (Fsp3) is 0.455. The zero-order valence-corrected chi connectivity index (χ0v) is 18.8. The van der Waals surface area contributed by atoms with Crippen molar-refractivity contribution in [3.05, 3.63) is 59.7 Å². The summed E-state index contributed by atoms with van der Waals surface area (Å²) in [7, 11) is -4.22. The predicted octanol–water partition coefficient (Wildman–Crippen LogP) is 6.49. The average molecular weight is 519 g/mol. The Morgan fingerprint density at radius 1 is 0.824 bits per heavy atom. The number of alkyl halides is 9. The minimum atomic E-state index is -5.96. The molecular weight excluding hydrogens is 498 g/mol. The standard InChI is InChI=1S/C22H21F9O2P/c1-3-4-13-34(16-11-7-5-9-14(16)18(2,32)20(23,24)25)17-12-8-6-10-15(17)19(33-34,21(26,27)28)22(29,30)31/h5-12,32H,3-4,13H2,1-2H3/q+1. The van der Waals surface area contributed by atoms with E-state index in [1.807, 2.05) is 0 Å². The third-order valence-corrected chi connectivity index (χ3v) is 9.83. The lowest BCUT2D eigenvalue weighted by molar-refractivity contribution is -0.361. The molecule has 2 aromatic rings. The zero-order valence-electron chi connectivity index (χ0n) is 17.9. The predicted molar refractivity (Wildman–Crippen MR) is 109 cm³/mol. The number of hydrogen-bond donors (Lipinski definition) is 1. The van der Waals surface area contributed by atoms with E-state index >= 15 is 0 Å². The molecule has 12 heteroatoms. The van der Waals surface area contributed by atoms with Gasteiger partial charge >= 0.3 is 24.1 Å². The zero-order chi connectivity index (χ0) is 25.8. The van der Waals surface area contributed by atoms with Crippen molar-refractivity contribution in [1.29, 1.82) is 0 Å². The summed E-state index contributed by atoms with van der Waals surface area (Å²) in [6.45, 7) is 2.04. The minimum Gasteiger partial charge on any atom is -0.376 e. The smallest absolute Gasteiger partial charge is 0.376 e. The molecule has 1 N–H and O–H groups in total. The summed E-state index contributed by atoms with van der Waals surface area (Å²) >= 11 is 0. The Morgan fingerprint density at radius 3 is 1.82 bits per heavy atom. The molecule has 3 rings (SSSR count). The van der Waals surface area contributed by atoms with Gasteiger partial charge < -0.3 is 5.11 Å². The summed E-state index contributed by atoms with van der Waals surface area (Å²) in [5.74, 6) is 0. The molecule has 1 heterocycles. The SMILES string of the molecule is CCCC[P+]1(c2ccccc2C(C)(O)C(F)(F)F)OC(C(F)(F)F)(C(F)(F)F)c2ccccc21. The second kappa shape index (κ2) is 8.38. The van der Waals surface area contributed by atoms with Gasteiger partial charge in [0.05, 0.1) is 11.7 Å². The third kappa shape index (κ3) is 3.80. The molecule has 188 valence electrons. The van der Waals surface area contributed by atoms with Gasteiger partial charge in [-0.2, -0.15) is 44.0 Å². The second-order valence-electron chi connectivity index (χ2n) is 8.19. The summed E-state index contributed by atoms with van der Waals surface area (Å²) < 4.78 is 132. The van der Waals surface area contributed by atoms with Gasteiger partial charge in [0.1, 0.15) is 10.6 Å². The molecule has 34 heavy (non-hydrogen) atoms. The van der Waals surface area contributed by atoms with Crippen LogP contribution in [0.4, 0.5) is 39.5 Å². The van der Waals surface area contributed by atoms with E-state index in [4.69, 9.17) is 4.52 Å². The van der Waals surface area contributed by atoms with E-state index in [0.717, 1.165) is 30.3 Å². The second-order valence-corrected chi connectivity index (χ2v) is 11.3. The van der Waals surface area contributed by atoms with Crippen LogP contribution in [0.1, 0.15) is 37.8 Å². The van der Waals surface area contributed by atoms with Gasteiger partial charge in [0, 0.05) is 5.56 Å². The summed E-state index contributed by atoms with van der Waals surface area (Å²) in [4.78, 5) is 0. The highest BCUT2D eigenvalue weighted by Crippen LogP contribution is 2.74. The van der Waals surface area contributed by atoms with Crippen molar-refractivity contribution in [2.75, 3.05) is 6.16 Å². The molecular formula is C22H21F9O2P+. The van der Waals surface area contributed by atoms with E-state index in [1.54, 1.807) is 6.92 Å². The van der Waals surface area contributed by atoms with Gasteiger partial charge in [0.15, 0.2) is 5.60 Å². The molecule has 0 radical (unpaired) electrons. The first-order chi connectivity index (χ1) is 15.5. The molecule has 2 aromatic carbocycles. The molecule has 0 saturated carbocycles. The summed E-state index contributed by atoms with van der Waals surface area (Å²) in [5, 5.41) is 9.45. The van der Waals surface area contributed by atoms with Crippen molar-refractivity contribution in [2.24, 2.45) is 0 Å². The molecule has 0 aromatic heterocycles. The summed E-state index contributed by atoms with van der Waals surface area (Å²) in [6.07, 6.45) is -17.2. The third-order valence-electron chi connectivity index (χ3n) is 5.96. The van der Waals surface area contributed by atoms with Gasteiger partial charge in [0.25, 0.3) is 0 Å². The molecule has 1 aliphatic heterocycles. The Balaban J connectivity index is 2.46. The van der Waals surface area contributed by atoms with Gasteiger partial charge in [-0.3, -0.25) is 0 Å². The number of hydrogen-bond acceptors (Lipinski definition) is 2. The first kappa shape index (κ1) is 26.8. The van der Waals surface area contributed by atoms with Crippen LogP contribution in [0.15, 0.2) is 48.5 Å². The molecule has 0 amide bonds. The lowest BCUT2D eigenvalue weighted by Crippen LogP contribution is -2.54. The topological polar surface area (TPSA) is 29.5 Å². The molecule has 0 fully saturated rings. The number of fused-ring (bicyclic) bond motifs is 1. The fourth-order valence-electron chi connectivity index (χ4n) is 4.19. The highest BCUT2D eigenvalue weighted by Gasteiger charge is 2.83. The van der Waals surface area contributed by atoms with E-state index in [9.17, 15) is 44.6 Å². The molecule has 2 nitrogen and oxygen atoms in total. The number of unbranched alkanes of at least 4 members (excludes halogenated alkanes) is 1. The Bertz CT molecular complexity index is 1030. The maximum Gasteiger partial charge on any atom is 0.435 e. The van der Waals surface area contributed by atoms with Crippen molar-refractivity contribution in [3.8, 4) is 0 Å². The molecule has 0 bridgehead atoms. The van der Waals surface area contributed by atoms with Crippen LogP contribution in [0.5, 0.6) is 0 Å². The highest BCUT2D eigenvalue weighted by atomic mass is 31.2. The van der Waals surface area contributed by atoms with Crippen molar-refractivity contribution in [1.82, 2.24) is 0 Å². The molecule has 0 saturated heterocycles. The van der Waals surface area contributed by atoms with Gasteiger partial charge in [-0.1, -0.05) is 49.7 Å². The highest BCUT2D eigenvalue weighted by molar-refractivity contribution is 7.85. The Labute approximate surface area is 190 Å². The molecule has 0 aliphatic carbocycles. The minimum absolute atomic E-state index is 0.0798. The first-order valence-electron chi connectivity index (χ1n) is 10.2. The van der Waals surface area contributed by atoms with Crippen molar-refractivity contribution in [3.63, 3.8) is 0 Å². The van der Waals surface area contributed by atoms with Gasteiger partial charge in [-0.05, 0) is 25.5 Å². The monoisotopic (exact) mass is 519 g/mol. The van der Waals surface area contributed by atoms with Crippen LogP contribution >= 0.6 is 7.49 Å². The molecule has 2 atom stereocenters. The number of aliphatic hydroxyl groups is 1. The van der Waals surface area contributed by atoms with Gasteiger partial charge in [-0.15, -0.1) is 0 Å². The van der Waals surface area contributed by atoms with Crippen LogP contribution in [0.2, 0.25) is 0 Å². The van der Waals surface area contributed by atoms with Gasteiger partial charge in [0.2, 0.25) is 7.49 Å². The van der Waals surface area contributed by atoms with Crippen LogP contribution in [0.25, 0.3) is 0 Å². The van der Waals surface area contributed by atoms with E-state index in [1.165, 1.54) is 12.1 Å². The van der Waals surface area contributed by atoms with Crippen molar-refractivity contribution < 1.29 is 49.1 Å². The normalized spacial score (nSPS) is 22.4. The van der Waals surface area contributed by atoms with Crippen molar-refractivity contribution in [2.45, 2.75) is 56.4 Å². The van der Waals surface area contributed by atoms with Crippen LogP contribution in [0.3, 0.4) is 0 Å². The van der Waals surface area contributed by atoms with Crippen LogP contribution in [-0.2, 0) is 15.7 Å². The Kier molecular flexibility index (Phi) is 6.59. The number of halogens is 9. The van der Waals surface area contributed by atoms with E-state index < -0.39 is 59.0 Å². The summed E-state index contributed by atoms with van der Waals surface area (Å²) in [6, 6.07) is 8.08. The lowest BCUT2D eigenvalue weighted by Gasteiger charge is -2.34. The lowest BCUT2D eigenvalue weighted by atomic mass is 9.92. The maximum atomic E-state index is 14.2. The number of benzene rings is 2. The molecule has 0 spiro atoms. The number of rotatable bonds is 5. The maximum absolute atomic E-state index is 14.2. The average Bonchev–Trinajstić information content (AvgIpc) is 3.04. The van der Waals surface area contributed by atoms with Crippen LogP contribution in [0, 0.1) is 0 Å². The quantitative estimate of drug-likeness (QED) is 0.362. The van der Waals surface area contributed by atoms with Crippen LogP contribution < -0.4 is 10.6 Å². The van der Waals surface area contributed by atoms with E-state index in [2.05, 4.69) is 0 Å². The largest absolute Gasteiger partial charge is 0.435 e. The Morgan fingerprint density at radius 2 is 1.32 bits per heavy atom. The van der Waals surface area contributed by atoms with E-state index in [0.29, 0.717) is 19.4 Å². The molecule has 1 aliphatic rings. The van der Waals surface area contributed by atoms with E-state index in [-0.39, 0.29) is 12.6 Å². The van der Waals surface area contributed by atoms with Crippen molar-refractivity contribution >= 4 is 18.1 Å². The van der Waals surface area contributed by atoms with Crippen LogP contribution in [-0.4, -0.2) is 29.8 Å². The summed E-state index contributed by atoms with van der Waals surface area (Å²) in [5.41, 5.74) is -10.3.